The first-order valence-electron chi connectivity index (χ1n) is 7.33. The summed E-state index contributed by atoms with van der Waals surface area (Å²) >= 11 is 0. The summed E-state index contributed by atoms with van der Waals surface area (Å²) in [5.74, 6) is 0.182. The molecule has 4 nitrogen and oxygen atoms in total. The maximum atomic E-state index is 12.4. The van der Waals surface area contributed by atoms with Crippen LogP contribution in [-0.2, 0) is 11.2 Å². The minimum atomic E-state index is -0.431. The molecule has 0 aliphatic carbocycles. The minimum absolute atomic E-state index is 0.0282. The van der Waals surface area contributed by atoms with Crippen molar-refractivity contribution in [2.45, 2.75) is 13.3 Å². The van der Waals surface area contributed by atoms with Crippen molar-refractivity contribution >= 4 is 17.7 Å². The maximum Gasteiger partial charge on any atom is 0.266 e. The molecule has 2 aromatic carbocycles. The van der Waals surface area contributed by atoms with E-state index in [2.05, 4.69) is 5.32 Å². The molecular formula is C19H18N2O2. The van der Waals surface area contributed by atoms with Crippen LogP contribution in [0.2, 0.25) is 0 Å². The van der Waals surface area contributed by atoms with Crippen molar-refractivity contribution in [3.63, 3.8) is 0 Å². The number of nitrogens with one attached hydrogen (secondary N) is 1. The van der Waals surface area contributed by atoms with Gasteiger partial charge in [0.25, 0.3) is 5.91 Å². The number of hydrogen-bond donors (Lipinski definition) is 1. The number of nitrogens with zero attached hydrogens (tertiary/aromatic N) is 1. The summed E-state index contributed by atoms with van der Waals surface area (Å²) in [6.45, 7) is 2.01. The molecule has 0 atom stereocenters. The molecule has 4 heteroatoms. The predicted molar refractivity (Wildman–Crippen MR) is 91.0 cm³/mol. The molecule has 0 radical (unpaired) electrons. The van der Waals surface area contributed by atoms with E-state index >= 15 is 0 Å². The number of aryl methyl sites for hydroxylation is 1. The quantitative estimate of drug-likeness (QED) is 0.675. The van der Waals surface area contributed by atoms with Crippen molar-refractivity contribution in [1.29, 1.82) is 5.26 Å². The van der Waals surface area contributed by atoms with E-state index in [0.29, 0.717) is 11.3 Å². The molecule has 0 spiro atoms. The van der Waals surface area contributed by atoms with Crippen LogP contribution in [0.1, 0.15) is 18.1 Å². The second-order valence-electron chi connectivity index (χ2n) is 4.88. The number of methoxy groups -OCH3 is 1. The summed E-state index contributed by atoms with van der Waals surface area (Å²) in [5.41, 5.74) is 2.46. The normalized spacial score (nSPS) is 10.7. The zero-order valence-electron chi connectivity index (χ0n) is 13.2. The Kier molecular flexibility index (Phi) is 5.54. The number of para-hydroxylation sites is 2. The Labute approximate surface area is 136 Å². The van der Waals surface area contributed by atoms with Gasteiger partial charge in [-0.3, -0.25) is 4.79 Å². The molecule has 2 rings (SSSR count). The number of carbonyl (C=O) groups excluding carboxylic acids is 1. The summed E-state index contributed by atoms with van der Waals surface area (Å²) in [6.07, 6.45) is 2.33. The Balaban J connectivity index is 2.29. The zero-order chi connectivity index (χ0) is 16.7. The summed E-state index contributed by atoms with van der Waals surface area (Å²) in [5, 5.41) is 12.1. The molecule has 1 amide bonds. The molecule has 0 saturated heterocycles. The molecule has 116 valence electrons. The van der Waals surface area contributed by atoms with Gasteiger partial charge in [0.2, 0.25) is 0 Å². The Morgan fingerprint density at radius 2 is 1.91 bits per heavy atom. The summed E-state index contributed by atoms with van der Waals surface area (Å²) in [4.78, 5) is 12.4. The average Bonchev–Trinajstić information content (AvgIpc) is 2.60. The van der Waals surface area contributed by atoms with Crippen molar-refractivity contribution in [1.82, 2.24) is 0 Å². The Morgan fingerprint density at radius 3 is 2.61 bits per heavy atom. The van der Waals surface area contributed by atoms with Gasteiger partial charge in [0.05, 0.1) is 7.11 Å². The maximum absolute atomic E-state index is 12.4. The highest BCUT2D eigenvalue weighted by molar-refractivity contribution is 6.10. The molecule has 0 aliphatic heterocycles. The van der Waals surface area contributed by atoms with Crippen molar-refractivity contribution < 1.29 is 9.53 Å². The Hall–Kier alpha value is -3.06. The molecule has 1 N–H and O–H groups in total. The lowest BCUT2D eigenvalue weighted by atomic mass is 10.1. The van der Waals surface area contributed by atoms with Crippen LogP contribution in [0.4, 0.5) is 5.69 Å². The molecule has 23 heavy (non-hydrogen) atoms. The topological polar surface area (TPSA) is 62.1 Å². The summed E-state index contributed by atoms with van der Waals surface area (Å²) in [6, 6.07) is 16.7. The first-order valence-corrected chi connectivity index (χ1v) is 7.33. The molecule has 2 aromatic rings. The molecule has 0 fully saturated rings. The van der Waals surface area contributed by atoms with Crippen molar-refractivity contribution in [2.75, 3.05) is 12.4 Å². The van der Waals surface area contributed by atoms with Crippen molar-refractivity contribution in [3.05, 3.63) is 65.2 Å². The standard InChI is InChI=1S/C19H18N2O2/c1-3-14-8-4-6-10-17(14)21-19(22)16(13-20)12-15-9-5-7-11-18(15)23-2/h4-12H,3H2,1-2H3,(H,21,22)/b16-12+. The van der Waals surface area contributed by atoms with Crippen LogP contribution in [0.5, 0.6) is 5.75 Å². The van der Waals surface area contributed by atoms with Gasteiger partial charge in [-0.15, -0.1) is 0 Å². The van der Waals surface area contributed by atoms with E-state index in [1.54, 1.807) is 19.2 Å². The fourth-order valence-corrected chi connectivity index (χ4v) is 2.23. The lowest BCUT2D eigenvalue weighted by Crippen LogP contribution is -2.14. The van der Waals surface area contributed by atoms with Gasteiger partial charge in [-0.25, -0.2) is 0 Å². The molecule has 0 saturated carbocycles. The number of carbonyl (C=O) groups is 1. The number of nitriles is 1. The van der Waals surface area contributed by atoms with Crippen LogP contribution in [0, 0.1) is 11.3 Å². The minimum Gasteiger partial charge on any atom is -0.496 e. The third-order valence-corrected chi connectivity index (χ3v) is 3.45. The molecular weight excluding hydrogens is 288 g/mol. The molecule has 0 bridgehead atoms. The molecule has 0 heterocycles. The Bertz CT molecular complexity index is 773. The SMILES string of the molecule is CCc1ccccc1NC(=O)/C(C#N)=C/c1ccccc1OC. The van der Waals surface area contributed by atoms with E-state index in [-0.39, 0.29) is 5.57 Å². The van der Waals surface area contributed by atoms with E-state index in [0.717, 1.165) is 17.7 Å². The molecule has 0 aromatic heterocycles. The first kappa shape index (κ1) is 16.3. The van der Waals surface area contributed by atoms with E-state index in [1.165, 1.54) is 6.08 Å². The van der Waals surface area contributed by atoms with Gasteiger partial charge in [0.15, 0.2) is 0 Å². The van der Waals surface area contributed by atoms with E-state index in [4.69, 9.17) is 4.74 Å². The van der Waals surface area contributed by atoms with Crippen LogP contribution in [0.25, 0.3) is 6.08 Å². The highest BCUT2D eigenvalue weighted by Gasteiger charge is 2.12. The van der Waals surface area contributed by atoms with Crippen LogP contribution < -0.4 is 10.1 Å². The largest absolute Gasteiger partial charge is 0.496 e. The lowest BCUT2D eigenvalue weighted by molar-refractivity contribution is -0.112. The van der Waals surface area contributed by atoms with Gasteiger partial charge in [-0.05, 0) is 30.2 Å². The smallest absolute Gasteiger partial charge is 0.266 e. The van der Waals surface area contributed by atoms with E-state index < -0.39 is 5.91 Å². The van der Waals surface area contributed by atoms with Gasteiger partial charge in [0.1, 0.15) is 17.4 Å². The fraction of sp³-hybridized carbons (Fsp3) is 0.158. The van der Waals surface area contributed by atoms with Crippen molar-refractivity contribution in [2.24, 2.45) is 0 Å². The summed E-state index contributed by atoms with van der Waals surface area (Å²) < 4.78 is 5.24. The molecule has 0 unspecified atom stereocenters. The van der Waals surface area contributed by atoms with E-state index in [1.807, 2.05) is 49.4 Å². The van der Waals surface area contributed by atoms with Gasteiger partial charge in [0, 0.05) is 11.3 Å². The van der Waals surface area contributed by atoms with Gasteiger partial charge < -0.3 is 10.1 Å². The summed E-state index contributed by atoms with van der Waals surface area (Å²) in [7, 11) is 1.55. The van der Waals surface area contributed by atoms with Crippen LogP contribution in [-0.4, -0.2) is 13.0 Å². The van der Waals surface area contributed by atoms with E-state index in [9.17, 15) is 10.1 Å². The lowest BCUT2D eigenvalue weighted by Gasteiger charge is -2.09. The van der Waals surface area contributed by atoms with Crippen LogP contribution in [0.15, 0.2) is 54.1 Å². The van der Waals surface area contributed by atoms with Gasteiger partial charge >= 0.3 is 0 Å². The van der Waals surface area contributed by atoms with Crippen LogP contribution >= 0.6 is 0 Å². The number of benzene rings is 2. The predicted octanol–water partition coefficient (Wildman–Crippen LogP) is 3.80. The van der Waals surface area contributed by atoms with Crippen LogP contribution in [0.3, 0.4) is 0 Å². The zero-order valence-corrected chi connectivity index (χ0v) is 13.2. The van der Waals surface area contributed by atoms with Crippen molar-refractivity contribution in [3.8, 4) is 11.8 Å². The average molecular weight is 306 g/mol. The van der Waals surface area contributed by atoms with Gasteiger partial charge in [-0.2, -0.15) is 5.26 Å². The Morgan fingerprint density at radius 1 is 1.22 bits per heavy atom. The molecule has 0 aliphatic rings. The number of hydrogen-bond acceptors (Lipinski definition) is 3. The third kappa shape index (κ3) is 3.98. The highest BCUT2D eigenvalue weighted by Crippen LogP contribution is 2.21. The first-order chi connectivity index (χ1) is 11.2. The fourth-order valence-electron chi connectivity index (χ4n) is 2.23. The van der Waals surface area contributed by atoms with Gasteiger partial charge in [-0.1, -0.05) is 43.3 Å². The monoisotopic (exact) mass is 306 g/mol. The number of anilines is 1. The number of amides is 1. The highest BCUT2D eigenvalue weighted by atomic mass is 16.5. The second-order valence-corrected chi connectivity index (χ2v) is 4.88. The number of ether oxygens (including phenoxy) is 1. The second kappa shape index (κ2) is 7.81. The third-order valence-electron chi connectivity index (χ3n) is 3.45. The number of rotatable bonds is 5.